The Morgan fingerprint density at radius 1 is 1.21 bits per heavy atom. The molecular weight excluding hydrogens is 432 g/mol. The highest BCUT2D eigenvalue weighted by atomic mass is 16.5. The van der Waals surface area contributed by atoms with Crippen LogP contribution in [0.2, 0.25) is 0 Å². The molecule has 2 aliphatic heterocycles. The first-order valence-corrected chi connectivity index (χ1v) is 11.7. The van der Waals surface area contributed by atoms with Gasteiger partial charge in [-0.05, 0) is 49.2 Å². The van der Waals surface area contributed by atoms with Crippen LogP contribution in [0.4, 0.5) is 0 Å². The van der Waals surface area contributed by atoms with Crippen molar-refractivity contribution in [3.8, 4) is 11.6 Å². The Morgan fingerprint density at radius 3 is 2.88 bits per heavy atom. The molecule has 2 atom stereocenters. The van der Waals surface area contributed by atoms with E-state index in [1.165, 1.54) is 0 Å². The van der Waals surface area contributed by atoms with Gasteiger partial charge in [-0.1, -0.05) is 6.07 Å². The van der Waals surface area contributed by atoms with Gasteiger partial charge in [-0.15, -0.1) is 0 Å². The number of fused-ring (bicyclic) bond motifs is 1. The van der Waals surface area contributed by atoms with Gasteiger partial charge in [-0.2, -0.15) is 0 Å². The van der Waals surface area contributed by atoms with Crippen molar-refractivity contribution in [3.63, 3.8) is 0 Å². The molecular formula is C25H30N6O3. The number of likely N-dealkylation sites (tertiary alicyclic amines) is 1. The number of carbonyl (C=O) groups excluding carboxylic acids is 1. The SMILES string of the molecule is CN(Cc1cnc2cc(Oc3ccc(C4CCNN4)cn3)ccc2c1)[C@H]1CCN(C(=O)CO)C1. The van der Waals surface area contributed by atoms with Crippen LogP contribution in [0.15, 0.2) is 48.8 Å². The molecule has 2 saturated heterocycles. The number of hydrazine groups is 1. The Balaban J connectivity index is 1.21. The second kappa shape index (κ2) is 10.0. The predicted octanol–water partition coefficient (Wildman–Crippen LogP) is 1.99. The highest BCUT2D eigenvalue weighted by Gasteiger charge is 2.28. The number of nitrogens with one attached hydrogen (secondary N) is 2. The largest absolute Gasteiger partial charge is 0.439 e. The van der Waals surface area contributed by atoms with Crippen molar-refractivity contribution < 1.29 is 14.6 Å². The van der Waals surface area contributed by atoms with Gasteiger partial charge in [0.05, 0.1) is 5.52 Å². The zero-order chi connectivity index (χ0) is 23.5. The Kier molecular flexibility index (Phi) is 6.68. The number of aromatic nitrogens is 2. The molecule has 0 radical (unpaired) electrons. The third-order valence-electron chi connectivity index (χ3n) is 6.64. The maximum absolute atomic E-state index is 11.7. The molecule has 2 aliphatic rings. The molecule has 3 aromatic rings. The van der Waals surface area contributed by atoms with Crippen molar-refractivity contribution in [1.29, 1.82) is 0 Å². The van der Waals surface area contributed by atoms with Crippen LogP contribution in [0.3, 0.4) is 0 Å². The number of aliphatic hydroxyl groups excluding tert-OH is 1. The van der Waals surface area contributed by atoms with Crippen LogP contribution in [-0.4, -0.2) is 70.1 Å². The van der Waals surface area contributed by atoms with Gasteiger partial charge in [0.2, 0.25) is 11.8 Å². The number of aliphatic hydroxyl groups is 1. The number of hydrogen-bond donors (Lipinski definition) is 3. The van der Waals surface area contributed by atoms with Crippen molar-refractivity contribution >= 4 is 16.8 Å². The maximum Gasteiger partial charge on any atom is 0.248 e. The fourth-order valence-electron chi connectivity index (χ4n) is 4.65. The molecule has 0 saturated carbocycles. The molecule has 1 aromatic carbocycles. The van der Waals surface area contributed by atoms with Crippen LogP contribution in [0.1, 0.15) is 30.0 Å². The van der Waals surface area contributed by atoms with E-state index in [0.717, 1.165) is 48.0 Å². The van der Waals surface area contributed by atoms with Gasteiger partial charge in [0.1, 0.15) is 12.4 Å². The lowest BCUT2D eigenvalue weighted by Gasteiger charge is -2.24. The number of benzene rings is 1. The molecule has 4 heterocycles. The van der Waals surface area contributed by atoms with E-state index in [9.17, 15) is 4.79 Å². The molecule has 34 heavy (non-hydrogen) atoms. The lowest BCUT2D eigenvalue weighted by atomic mass is 10.1. The van der Waals surface area contributed by atoms with Crippen LogP contribution in [0, 0.1) is 0 Å². The minimum atomic E-state index is -0.423. The quantitative estimate of drug-likeness (QED) is 0.490. The fraction of sp³-hybridized carbons (Fsp3) is 0.400. The average molecular weight is 463 g/mol. The zero-order valence-corrected chi connectivity index (χ0v) is 19.3. The Morgan fingerprint density at radius 2 is 2.12 bits per heavy atom. The van der Waals surface area contributed by atoms with Gasteiger partial charge in [-0.25, -0.2) is 4.98 Å². The summed E-state index contributed by atoms with van der Waals surface area (Å²) in [5.74, 6) is 1.05. The van der Waals surface area contributed by atoms with Crippen molar-refractivity contribution in [2.24, 2.45) is 0 Å². The number of nitrogens with zero attached hydrogens (tertiary/aromatic N) is 4. The van der Waals surface area contributed by atoms with E-state index in [0.29, 0.717) is 24.7 Å². The number of likely N-dealkylation sites (N-methyl/N-ethyl adjacent to an activating group) is 1. The van der Waals surface area contributed by atoms with Gasteiger partial charge >= 0.3 is 0 Å². The molecule has 5 rings (SSSR count). The minimum absolute atomic E-state index is 0.199. The smallest absolute Gasteiger partial charge is 0.248 e. The number of amides is 1. The second-order valence-electron chi connectivity index (χ2n) is 9.00. The number of rotatable bonds is 7. The molecule has 2 aromatic heterocycles. The molecule has 0 spiro atoms. The second-order valence-corrected chi connectivity index (χ2v) is 9.00. The number of pyridine rings is 2. The normalized spacial score (nSPS) is 20.4. The summed E-state index contributed by atoms with van der Waals surface area (Å²) >= 11 is 0. The third kappa shape index (κ3) is 5.02. The van der Waals surface area contributed by atoms with Crippen LogP contribution in [0.25, 0.3) is 10.9 Å². The maximum atomic E-state index is 11.7. The van der Waals surface area contributed by atoms with Crippen LogP contribution in [-0.2, 0) is 11.3 Å². The summed E-state index contributed by atoms with van der Waals surface area (Å²) < 4.78 is 5.96. The van der Waals surface area contributed by atoms with E-state index >= 15 is 0 Å². The summed E-state index contributed by atoms with van der Waals surface area (Å²) in [4.78, 5) is 24.8. The summed E-state index contributed by atoms with van der Waals surface area (Å²) in [6.45, 7) is 2.62. The highest BCUT2D eigenvalue weighted by Crippen LogP contribution is 2.26. The molecule has 0 bridgehead atoms. The zero-order valence-electron chi connectivity index (χ0n) is 19.3. The predicted molar refractivity (Wildman–Crippen MR) is 128 cm³/mol. The van der Waals surface area contributed by atoms with Gasteiger partial charge in [0, 0.05) is 68.2 Å². The van der Waals surface area contributed by atoms with Crippen LogP contribution < -0.4 is 15.6 Å². The first-order chi connectivity index (χ1) is 16.6. The van der Waals surface area contributed by atoms with E-state index in [2.05, 4.69) is 38.8 Å². The monoisotopic (exact) mass is 462 g/mol. The van der Waals surface area contributed by atoms with Gasteiger partial charge in [-0.3, -0.25) is 25.5 Å². The topological polar surface area (TPSA) is 103 Å². The van der Waals surface area contributed by atoms with Crippen molar-refractivity contribution in [3.05, 3.63) is 59.9 Å². The summed E-state index contributed by atoms with van der Waals surface area (Å²) in [5, 5.41) is 10.1. The lowest BCUT2D eigenvalue weighted by molar-refractivity contribution is -0.133. The molecule has 3 N–H and O–H groups in total. The number of carbonyl (C=O) groups is 1. The minimum Gasteiger partial charge on any atom is -0.439 e. The highest BCUT2D eigenvalue weighted by molar-refractivity contribution is 5.80. The Labute approximate surface area is 198 Å². The molecule has 178 valence electrons. The van der Waals surface area contributed by atoms with Gasteiger partial charge in [0.25, 0.3) is 0 Å². The van der Waals surface area contributed by atoms with Crippen molar-refractivity contribution in [2.75, 3.05) is 33.3 Å². The standard InChI is InChI=1S/C25H30N6O3/c1-30(20-7-9-31(15-20)25(33)16-32)14-17-10-18-2-4-21(11-23(18)26-12-17)34-24-5-3-19(13-27-24)22-6-8-28-29-22/h2-5,10-13,20,22,28-29,32H,6-9,14-16H2,1H3/t20-,22?/m0/s1. The van der Waals surface area contributed by atoms with E-state index < -0.39 is 6.61 Å². The first-order valence-electron chi connectivity index (χ1n) is 11.7. The van der Waals surface area contributed by atoms with Crippen LogP contribution >= 0.6 is 0 Å². The molecule has 0 aliphatic carbocycles. The Bertz CT molecular complexity index is 1150. The van der Waals surface area contributed by atoms with Crippen molar-refractivity contribution in [1.82, 2.24) is 30.6 Å². The summed E-state index contributed by atoms with van der Waals surface area (Å²) in [7, 11) is 2.07. The molecule has 1 unspecified atom stereocenters. The number of ether oxygens (including phenoxy) is 1. The number of hydrogen-bond acceptors (Lipinski definition) is 8. The molecule has 1 amide bonds. The lowest BCUT2D eigenvalue weighted by Crippen LogP contribution is -2.37. The van der Waals surface area contributed by atoms with E-state index in [1.807, 2.05) is 42.7 Å². The third-order valence-corrected chi connectivity index (χ3v) is 6.64. The summed E-state index contributed by atoms with van der Waals surface area (Å²) in [5.41, 5.74) is 9.49. The van der Waals surface area contributed by atoms with Gasteiger partial charge in [0.15, 0.2) is 0 Å². The average Bonchev–Trinajstić information content (AvgIpc) is 3.57. The summed E-state index contributed by atoms with van der Waals surface area (Å²) in [6, 6.07) is 12.5. The molecule has 2 fully saturated rings. The molecule has 9 nitrogen and oxygen atoms in total. The molecule has 9 heteroatoms. The van der Waals surface area contributed by atoms with E-state index in [4.69, 9.17) is 9.84 Å². The van der Waals surface area contributed by atoms with Crippen molar-refractivity contribution in [2.45, 2.75) is 31.5 Å². The van der Waals surface area contributed by atoms with Crippen LogP contribution in [0.5, 0.6) is 11.6 Å². The fourth-order valence-corrected chi connectivity index (χ4v) is 4.65. The van der Waals surface area contributed by atoms with Gasteiger partial charge < -0.3 is 14.7 Å². The van der Waals surface area contributed by atoms with E-state index in [1.54, 1.807) is 4.90 Å². The van der Waals surface area contributed by atoms with E-state index in [-0.39, 0.29) is 18.0 Å². The summed E-state index contributed by atoms with van der Waals surface area (Å²) in [6.07, 6.45) is 5.70. The Hall–Kier alpha value is -3.11. The first kappa shape index (κ1) is 22.7.